The molecule has 0 saturated carbocycles. The van der Waals surface area contributed by atoms with Crippen molar-refractivity contribution in [1.82, 2.24) is 4.90 Å². The Morgan fingerprint density at radius 3 is 3.25 bits per heavy atom. The Labute approximate surface area is 51.6 Å². The fourth-order valence-corrected chi connectivity index (χ4v) is 0.937. The molecule has 0 aromatic carbocycles. The third kappa shape index (κ3) is 1.79. The predicted octanol–water partition coefficient (Wildman–Crippen LogP) is 0.247. The van der Waals surface area contributed by atoms with E-state index < -0.39 is 0 Å². The molecule has 1 aliphatic rings. The van der Waals surface area contributed by atoms with Gasteiger partial charge < -0.3 is 0 Å². The van der Waals surface area contributed by atoms with E-state index in [1.165, 1.54) is 25.8 Å². The summed E-state index contributed by atoms with van der Waals surface area (Å²) in [6.45, 7) is 4.73. The number of nitrogens with zero attached hydrogens (tertiary/aromatic N) is 1. The minimum absolute atomic E-state index is 1.23. The van der Waals surface area contributed by atoms with E-state index in [1.807, 2.05) is 0 Å². The van der Waals surface area contributed by atoms with E-state index in [0.29, 0.717) is 0 Å². The molecule has 0 aromatic rings. The molecule has 0 N–H and O–H groups in total. The third-order valence-electron chi connectivity index (χ3n) is 1.52. The summed E-state index contributed by atoms with van der Waals surface area (Å²) in [6, 6.07) is 0. The molecule has 1 aliphatic heterocycles. The molecule has 0 unspecified atom stereocenters. The Kier molecular flexibility index (Phi) is 2.28. The standard InChI is InChI=1S/C6H12BN/c1-8-5-2-3-7-4-6-8/h3H,2,4-6H2,1H3. The number of hydrogen-bond donors (Lipinski definition) is 0. The molecule has 0 amide bonds. The van der Waals surface area contributed by atoms with E-state index in [0.717, 1.165) is 0 Å². The van der Waals surface area contributed by atoms with Crippen LogP contribution in [0.5, 0.6) is 0 Å². The van der Waals surface area contributed by atoms with Crippen molar-refractivity contribution in [1.29, 1.82) is 0 Å². The van der Waals surface area contributed by atoms with Crippen LogP contribution in [-0.2, 0) is 0 Å². The van der Waals surface area contributed by atoms with Crippen molar-refractivity contribution in [2.24, 2.45) is 0 Å². The van der Waals surface area contributed by atoms with Gasteiger partial charge in [0.2, 0.25) is 0 Å². The Balaban J connectivity index is 2.28. The summed E-state index contributed by atoms with van der Waals surface area (Å²) in [5.41, 5.74) is 0. The Morgan fingerprint density at radius 1 is 1.50 bits per heavy atom. The van der Waals surface area contributed by atoms with Gasteiger partial charge in [0.1, 0.15) is 0 Å². The van der Waals surface area contributed by atoms with E-state index in [9.17, 15) is 0 Å². The molecule has 0 atom stereocenters. The average Bonchev–Trinajstić information content (AvgIpc) is 1.94. The van der Waals surface area contributed by atoms with Crippen molar-refractivity contribution in [3.8, 4) is 0 Å². The second-order valence-electron chi connectivity index (χ2n) is 2.35. The predicted molar refractivity (Wildman–Crippen MR) is 38.7 cm³/mol. The van der Waals surface area contributed by atoms with Crippen LogP contribution in [0.2, 0.25) is 6.32 Å². The van der Waals surface area contributed by atoms with Crippen molar-refractivity contribution >= 4 is 12.9 Å². The van der Waals surface area contributed by atoms with Crippen molar-refractivity contribution in [3.63, 3.8) is 0 Å². The molecule has 2 heteroatoms. The second kappa shape index (κ2) is 3.03. The zero-order valence-electron chi connectivity index (χ0n) is 5.43. The molecule has 1 heterocycles. The summed E-state index contributed by atoms with van der Waals surface area (Å²) >= 11 is 0. The minimum atomic E-state index is 1.23. The molecule has 0 radical (unpaired) electrons. The van der Waals surface area contributed by atoms with Gasteiger partial charge in [0.25, 0.3) is 0 Å². The molecule has 0 spiro atoms. The van der Waals surface area contributed by atoms with Crippen LogP contribution in [0.25, 0.3) is 0 Å². The van der Waals surface area contributed by atoms with Crippen LogP contribution in [0.15, 0.2) is 0 Å². The monoisotopic (exact) mass is 109 g/mol. The van der Waals surface area contributed by atoms with Crippen LogP contribution in [0.1, 0.15) is 6.42 Å². The van der Waals surface area contributed by atoms with Gasteiger partial charge in [0.05, 0.1) is 0 Å². The van der Waals surface area contributed by atoms with Gasteiger partial charge in [0, 0.05) is 0 Å². The molecular formula is C6H12BN. The first-order valence-electron chi connectivity index (χ1n) is 3.23. The van der Waals surface area contributed by atoms with Gasteiger partial charge in [0.15, 0.2) is 0 Å². The normalized spacial score (nSPS) is 22.1. The van der Waals surface area contributed by atoms with Gasteiger partial charge in [-0.15, -0.1) is 0 Å². The first kappa shape index (κ1) is 6.02. The Bertz CT molecular complexity index is 80.5. The van der Waals surface area contributed by atoms with E-state index >= 15 is 0 Å². The molecule has 0 saturated heterocycles. The maximum absolute atomic E-state index is 2.36. The van der Waals surface area contributed by atoms with E-state index in [1.54, 1.807) is 0 Å². The Hall–Kier alpha value is -0.105. The zero-order valence-corrected chi connectivity index (χ0v) is 5.43. The number of hydrogen-bond acceptors (Lipinski definition) is 1. The van der Waals surface area contributed by atoms with Crippen LogP contribution in [0, 0.1) is 0 Å². The summed E-state index contributed by atoms with van der Waals surface area (Å²) < 4.78 is 0. The van der Waals surface area contributed by atoms with Crippen LogP contribution in [0.3, 0.4) is 0 Å². The van der Waals surface area contributed by atoms with Crippen LogP contribution >= 0.6 is 0 Å². The number of rotatable bonds is 0. The molecule has 1 nitrogen and oxygen atoms in total. The van der Waals surface area contributed by atoms with Crippen LogP contribution in [0.4, 0.5) is 0 Å². The topological polar surface area (TPSA) is 3.24 Å². The third-order valence-corrected chi connectivity index (χ3v) is 1.52. The summed E-state index contributed by atoms with van der Waals surface area (Å²) in [5, 5.41) is 0. The molecule has 8 heavy (non-hydrogen) atoms. The second-order valence-corrected chi connectivity index (χ2v) is 2.35. The van der Waals surface area contributed by atoms with E-state index in [2.05, 4.69) is 24.8 Å². The molecule has 0 aromatic heterocycles. The van der Waals surface area contributed by atoms with Gasteiger partial charge >= 0.3 is 50.7 Å². The van der Waals surface area contributed by atoms with Gasteiger partial charge in [-0.25, -0.2) is 0 Å². The summed E-state index contributed by atoms with van der Waals surface area (Å²) in [7, 11) is 2.17. The van der Waals surface area contributed by atoms with E-state index in [-0.39, 0.29) is 0 Å². The van der Waals surface area contributed by atoms with Gasteiger partial charge in [-0.05, 0) is 0 Å². The first-order valence-corrected chi connectivity index (χ1v) is 3.23. The van der Waals surface area contributed by atoms with Gasteiger partial charge in [-0.2, -0.15) is 0 Å². The van der Waals surface area contributed by atoms with Gasteiger partial charge in [-0.1, -0.05) is 0 Å². The summed E-state index contributed by atoms with van der Waals surface area (Å²) in [4.78, 5) is 2.36. The first-order chi connectivity index (χ1) is 3.89. The maximum atomic E-state index is 2.36. The molecule has 0 fully saturated rings. The fourth-order valence-electron chi connectivity index (χ4n) is 0.937. The quantitative estimate of drug-likeness (QED) is 0.403. The van der Waals surface area contributed by atoms with Crippen molar-refractivity contribution in [3.05, 3.63) is 0 Å². The average molecular weight is 109 g/mol. The fraction of sp³-hybridized carbons (Fsp3) is 0.833. The van der Waals surface area contributed by atoms with Crippen molar-refractivity contribution in [2.75, 3.05) is 20.1 Å². The van der Waals surface area contributed by atoms with Crippen molar-refractivity contribution < 1.29 is 0 Å². The molecule has 44 valence electrons. The molecule has 1 rings (SSSR count). The summed E-state index contributed by atoms with van der Waals surface area (Å²) in [6.07, 6.45) is 2.47. The molecule has 0 aliphatic carbocycles. The van der Waals surface area contributed by atoms with Crippen LogP contribution < -0.4 is 0 Å². The molecule has 0 bridgehead atoms. The van der Waals surface area contributed by atoms with Crippen LogP contribution in [-0.4, -0.2) is 37.9 Å². The Morgan fingerprint density at radius 2 is 2.38 bits per heavy atom. The molecular weight excluding hydrogens is 96.9 g/mol. The van der Waals surface area contributed by atoms with E-state index in [4.69, 9.17) is 0 Å². The van der Waals surface area contributed by atoms with Crippen molar-refractivity contribution in [2.45, 2.75) is 12.7 Å². The SMILES string of the molecule is CN1CCB=CCC1. The zero-order chi connectivity index (χ0) is 5.82. The van der Waals surface area contributed by atoms with Gasteiger partial charge in [-0.3, -0.25) is 0 Å². The summed E-state index contributed by atoms with van der Waals surface area (Å²) in [5.74, 6) is 2.27.